The highest BCUT2D eigenvalue weighted by atomic mass is 16.1. The maximum atomic E-state index is 9.41. The molecule has 0 aliphatic heterocycles. The third-order valence-corrected chi connectivity index (χ3v) is 0.286. The van der Waals surface area contributed by atoms with E-state index < -0.39 is 0 Å². The Balaban J connectivity index is 2.66. The largest absolute Gasteiger partial charge is 0.304 e. The van der Waals surface area contributed by atoms with E-state index in [1.165, 1.54) is 0 Å². The van der Waals surface area contributed by atoms with Crippen molar-refractivity contribution in [2.45, 2.75) is 0 Å². The standard InChI is InChI=1S/C3H6N2O/c1-4-5-2-3-6/h3,5H,1-2H2. The fraction of sp³-hybridized carbons (Fsp3) is 0.333. The Hall–Kier alpha value is -0.860. The third-order valence-electron chi connectivity index (χ3n) is 0.286. The van der Waals surface area contributed by atoms with E-state index in [9.17, 15) is 4.79 Å². The zero-order valence-electron chi connectivity index (χ0n) is 3.35. The summed E-state index contributed by atoms with van der Waals surface area (Å²) in [5, 5.41) is 3.19. The summed E-state index contributed by atoms with van der Waals surface area (Å²) in [5.41, 5.74) is 2.34. The molecule has 0 aromatic carbocycles. The highest BCUT2D eigenvalue weighted by Crippen LogP contribution is 1.43. The van der Waals surface area contributed by atoms with E-state index in [2.05, 4.69) is 17.2 Å². The molecule has 6 heavy (non-hydrogen) atoms. The van der Waals surface area contributed by atoms with E-state index in [-0.39, 0.29) is 6.54 Å². The van der Waals surface area contributed by atoms with Gasteiger partial charge in [-0.15, -0.1) is 0 Å². The average molecular weight is 86.1 g/mol. The predicted octanol–water partition coefficient (Wildman–Crippen LogP) is -0.610. The van der Waals surface area contributed by atoms with Crippen LogP contribution in [0.4, 0.5) is 0 Å². The second-order valence-corrected chi connectivity index (χ2v) is 0.687. The van der Waals surface area contributed by atoms with Crippen molar-refractivity contribution >= 4 is 13.0 Å². The van der Waals surface area contributed by atoms with Crippen LogP contribution in [0.5, 0.6) is 0 Å². The number of hydrogen-bond acceptors (Lipinski definition) is 3. The first kappa shape index (κ1) is 5.14. The highest BCUT2D eigenvalue weighted by molar-refractivity contribution is 5.51. The number of nitrogens with one attached hydrogen (secondary N) is 1. The summed E-state index contributed by atoms with van der Waals surface area (Å²) >= 11 is 0. The van der Waals surface area contributed by atoms with E-state index in [4.69, 9.17) is 0 Å². The topological polar surface area (TPSA) is 41.5 Å². The SMILES string of the molecule is C=NNCC=O. The molecular weight excluding hydrogens is 80.0 g/mol. The molecule has 0 fully saturated rings. The van der Waals surface area contributed by atoms with Gasteiger partial charge in [0.05, 0.1) is 6.54 Å². The molecule has 0 amide bonds. The molecule has 0 aliphatic carbocycles. The molecule has 0 spiro atoms. The molecule has 0 aromatic rings. The molecule has 0 heterocycles. The van der Waals surface area contributed by atoms with Gasteiger partial charge in [-0.05, 0) is 0 Å². The lowest BCUT2D eigenvalue weighted by molar-refractivity contribution is -0.107. The molecule has 1 N–H and O–H groups in total. The van der Waals surface area contributed by atoms with Crippen molar-refractivity contribution in [1.82, 2.24) is 5.43 Å². The fourth-order valence-corrected chi connectivity index (χ4v) is 0.102. The molecule has 3 heteroatoms. The summed E-state index contributed by atoms with van der Waals surface area (Å²) in [4.78, 5) is 9.41. The Morgan fingerprint density at radius 2 is 2.67 bits per heavy atom. The van der Waals surface area contributed by atoms with Gasteiger partial charge in [0, 0.05) is 6.72 Å². The van der Waals surface area contributed by atoms with Crippen molar-refractivity contribution in [3.8, 4) is 0 Å². The minimum absolute atomic E-state index is 0.253. The number of carbonyl (C=O) groups excluding carboxylic acids is 1. The molecule has 0 aliphatic rings. The van der Waals surface area contributed by atoms with E-state index >= 15 is 0 Å². The van der Waals surface area contributed by atoms with Crippen LogP contribution in [0.15, 0.2) is 5.10 Å². The second kappa shape index (κ2) is 4.14. The van der Waals surface area contributed by atoms with Crippen LogP contribution < -0.4 is 5.43 Å². The number of aldehydes is 1. The molecule has 0 rings (SSSR count). The molecule has 0 aromatic heterocycles. The monoisotopic (exact) mass is 86.0 g/mol. The van der Waals surface area contributed by atoms with Crippen LogP contribution in [-0.2, 0) is 4.79 Å². The number of hydrogen-bond donors (Lipinski definition) is 1. The lowest BCUT2D eigenvalue weighted by Gasteiger charge is -1.82. The normalized spacial score (nSPS) is 6.67. The van der Waals surface area contributed by atoms with Crippen molar-refractivity contribution in [1.29, 1.82) is 0 Å². The van der Waals surface area contributed by atoms with Crippen LogP contribution >= 0.6 is 0 Å². The van der Waals surface area contributed by atoms with Crippen LogP contribution in [0.3, 0.4) is 0 Å². The van der Waals surface area contributed by atoms with Gasteiger partial charge in [0.15, 0.2) is 0 Å². The number of nitrogens with zero attached hydrogens (tertiary/aromatic N) is 1. The van der Waals surface area contributed by atoms with Crippen LogP contribution in [0.1, 0.15) is 0 Å². The van der Waals surface area contributed by atoms with Crippen molar-refractivity contribution < 1.29 is 4.79 Å². The summed E-state index contributed by atoms with van der Waals surface area (Å²) in [6.45, 7) is 3.33. The van der Waals surface area contributed by atoms with Crippen LogP contribution in [0.2, 0.25) is 0 Å². The van der Waals surface area contributed by atoms with E-state index in [1.807, 2.05) is 0 Å². The number of carbonyl (C=O) groups is 1. The maximum Gasteiger partial charge on any atom is 0.140 e. The summed E-state index contributed by atoms with van der Waals surface area (Å²) in [5.74, 6) is 0. The first-order valence-electron chi connectivity index (χ1n) is 1.54. The Kier molecular flexibility index (Phi) is 3.55. The van der Waals surface area contributed by atoms with Gasteiger partial charge in [-0.2, -0.15) is 5.10 Å². The molecule has 34 valence electrons. The molecule has 0 unspecified atom stereocenters. The molecule has 3 nitrogen and oxygen atoms in total. The molecule has 0 radical (unpaired) electrons. The van der Waals surface area contributed by atoms with E-state index in [0.29, 0.717) is 6.29 Å². The Morgan fingerprint density at radius 1 is 2.00 bits per heavy atom. The minimum Gasteiger partial charge on any atom is -0.304 e. The maximum absolute atomic E-state index is 9.41. The van der Waals surface area contributed by atoms with Gasteiger partial charge in [0.25, 0.3) is 0 Å². The minimum atomic E-state index is 0.253. The van der Waals surface area contributed by atoms with Gasteiger partial charge >= 0.3 is 0 Å². The van der Waals surface area contributed by atoms with Gasteiger partial charge in [0.2, 0.25) is 0 Å². The molecule has 0 saturated heterocycles. The lowest BCUT2D eigenvalue weighted by atomic mass is 10.8. The Morgan fingerprint density at radius 3 is 2.83 bits per heavy atom. The quantitative estimate of drug-likeness (QED) is 0.215. The van der Waals surface area contributed by atoms with E-state index in [0.717, 1.165) is 0 Å². The van der Waals surface area contributed by atoms with Crippen molar-refractivity contribution in [3.05, 3.63) is 0 Å². The number of hydrazone groups is 1. The first-order chi connectivity index (χ1) is 2.91. The zero-order valence-corrected chi connectivity index (χ0v) is 3.35. The van der Waals surface area contributed by atoms with Gasteiger partial charge in [-0.1, -0.05) is 0 Å². The number of rotatable bonds is 3. The second-order valence-electron chi connectivity index (χ2n) is 0.687. The van der Waals surface area contributed by atoms with Gasteiger partial charge in [-0.3, -0.25) is 0 Å². The predicted molar refractivity (Wildman–Crippen MR) is 23.6 cm³/mol. The van der Waals surface area contributed by atoms with E-state index in [1.54, 1.807) is 0 Å². The fourth-order valence-electron chi connectivity index (χ4n) is 0.102. The van der Waals surface area contributed by atoms with Crippen LogP contribution in [-0.4, -0.2) is 19.5 Å². The summed E-state index contributed by atoms with van der Waals surface area (Å²) in [7, 11) is 0. The van der Waals surface area contributed by atoms with Gasteiger partial charge in [-0.25, -0.2) is 0 Å². The summed E-state index contributed by atoms with van der Waals surface area (Å²) < 4.78 is 0. The average Bonchev–Trinajstić information content (AvgIpc) is 1.61. The van der Waals surface area contributed by atoms with Crippen molar-refractivity contribution in [2.75, 3.05) is 6.54 Å². The molecule has 0 atom stereocenters. The summed E-state index contributed by atoms with van der Waals surface area (Å²) in [6.07, 6.45) is 0.717. The lowest BCUT2D eigenvalue weighted by Crippen LogP contribution is -2.06. The summed E-state index contributed by atoms with van der Waals surface area (Å²) in [6, 6.07) is 0. The Labute approximate surface area is 36.0 Å². The third kappa shape index (κ3) is 3.14. The molecule has 0 bridgehead atoms. The Bertz CT molecular complexity index is 44.8. The first-order valence-corrected chi connectivity index (χ1v) is 1.54. The highest BCUT2D eigenvalue weighted by Gasteiger charge is 1.65. The van der Waals surface area contributed by atoms with Crippen molar-refractivity contribution in [2.24, 2.45) is 5.10 Å². The molecular formula is C3H6N2O. The van der Waals surface area contributed by atoms with Gasteiger partial charge in [0.1, 0.15) is 6.29 Å². The smallest absolute Gasteiger partial charge is 0.140 e. The zero-order chi connectivity index (χ0) is 4.83. The van der Waals surface area contributed by atoms with Gasteiger partial charge < -0.3 is 10.2 Å². The molecule has 0 saturated carbocycles. The van der Waals surface area contributed by atoms with Crippen LogP contribution in [0.25, 0.3) is 0 Å². The van der Waals surface area contributed by atoms with Crippen LogP contribution in [0, 0.1) is 0 Å². The van der Waals surface area contributed by atoms with Crippen molar-refractivity contribution in [3.63, 3.8) is 0 Å².